The van der Waals surface area contributed by atoms with Crippen molar-refractivity contribution in [2.45, 2.75) is 13.3 Å². The first kappa shape index (κ1) is 11.5. The van der Waals surface area contributed by atoms with Crippen LogP contribution in [0.4, 0.5) is 10.1 Å². The van der Waals surface area contributed by atoms with E-state index in [0.717, 1.165) is 6.42 Å². The van der Waals surface area contributed by atoms with Gasteiger partial charge in [0, 0.05) is 13.6 Å². The molecule has 0 saturated carbocycles. The quantitative estimate of drug-likeness (QED) is 0.774. The molecule has 3 nitrogen and oxygen atoms in total. The molecule has 2 N–H and O–H groups in total. The summed E-state index contributed by atoms with van der Waals surface area (Å²) in [5, 5.41) is 0. The van der Waals surface area contributed by atoms with Crippen LogP contribution in [-0.4, -0.2) is 24.4 Å². The Morgan fingerprint density at radius 2 is 2.20 bits per heavy atom. The third-order valence-corrected chi connectivity index (χ3v) is 2.19. The lowest BCUT2D eigenvalue weighted by molar-refractivity contribution is 0.0796. The maximum absolute atomic E-state index is 13.1. The van der Waals surface area contributed by atoms with Gasteiger partial charge >= 0.3 is 0 Å². The predicted molar refractivity (Wildman–Crippen MR) is 58.1 cm³/mol. The van der Waals surface area contributed by atoms with Crippen molar-refractivity contribution in [3.8, 4) is 0 Å². The van der Waals surface area contributed by atoms with Crippen LogP contribution in [0.2, 0.25) is 0 Å². The molecular weight excluding hydrogens is 195 g/mol. The van der Waals surface area contributed by atoms with Crippen LogP contribution in [0.1, 0.15) is 23.7 Å². The summed E-state index contributed by atoms with van der Waals surface area (Å²) in [7, 11) is 1.68. The summed E-state index contributed by atoms with van der Waals surface area (Å²) in [5.41, 5.74) is 5.64. The van der Waals surface area contributed by atoms with Crippen LogP contribution in [0.15, 0.2) is 18.2 Å². The highest BCUT2D eigenvalue weighted by Gasteiger charge is 2.15. The van der Waals surface area contributed by atoms with Crippen LogP contribution >= 0.6 is 0 Å². The molecule has 1 aromatic rings. The molecule has 1 amide bonds. The van der Waals surface area contributed by atoms with Crippen molar-refractivity contribution >= 4 is 11.6 Å². The van der Waals surface area contributed by atoms with Crippen molar-refractivity contribution in [2.75, 3.05) is 19.3 Å². The van der Waals surface area contributed by atoms with Gasteiger partial charge in [-0.25, -0.2) is 4.39 Å². The third kappa shape index (κ3) is 2.46. The number of nitrogens with two attached hydrogens (primary N) is 1. The van der Waals surface area contributed by atoms with Crippen LogP contribution in [0.5, 0.6) is 0 Å². The van der Waals surface area contributed by atoms with Gasteiger partial charge in [-0.05, 0) is 18.6 Å². The number of nitrogen functional groups attached to an aromatic ring is 1. The molecule has 1 rings (SSSR count). The Balaban J connectivity index is 2.96. The second-order valence-corrected chi connectivity index (χ2v) is 3.43. The Labute approximate surface area is 88.7 Å². The van der Waals surface area contributed by atoms with Crippen LogP contribution in [0, 0.1) is 5.82 Å². The molecule has 0 bridgehead atoms. The van der Waals surface area contributed by atoms with Gasteiger partial charge in [0.1, 0.15) is 5.82 Å². The first-order valence-corrected chi connectivity index (χ1v) is 4.87. The molecule has 0 atom stereocenters. The molecule has 4 heteroatoms. The molecule has 0 aliphatic rings. The van der Waals surface area contributed by atoms with E-state index in [1.54, 1.807) is 7.05 Å². The molecule has 15 heavy (non-hydrogen) atoms. The molecule has 0 spiro atoms. The highest BCUT2D eigenvalue weighted by atomic mass is 19.1. The van der Waals surface area contributed by atoms with E-state index in [9.17, 15) is 9.18 Å². The number of benzene rings is 1. The molecular formula is C11H15FN2O. The average molecular weight is 210 g/mol. The first-order valence-electron chi connectivity index (χ1n) is 4.87. The van der Waals surface area contributed by atoms with Crippen LogP contribution in [0.25, 0.3) is 0 Å². The monoisotopic (exact) mass is 210 g/mol. The van der Waals surface area contributed by atoms with Gasteiger partial charge in [-0.1, -0.05) is 13.0 Å². The summed E-state index contributed by atoms with van der Waals surface area (Å²) in [6.07, 6.45) is 0.859. The highest BCUT2D eigenvalue weighted by molar-refractivity contribution is 5.99. The molecule has 0 aliphatic carbocycles. The van der Waals surface area contributed by atoms with Crippen LogP contribution < -0.4 is 5.73 Å². The number of para-hydroxylation sites is 1. The lowest BCUT2D eigenvalue weighted by Gasteiger charge is -2.17. The maximum atomic E-state index is 13.1. The van der Waals surface area contributed by atoms with E-state index in [2.05, 4.69) is 0 Å². The van der Waals surface area contributed by atoms with E-state index in [1.807, 2.05) is 6.92 Å². The summed E-state index contributed by atoms with van der Waals surface area (Å²) in [5.74, 6) is -0.792. The van der Waals surface area contributed by atoms with Crippen molar-refractivity contribution in [3.05, 3.63) is 29.6 Å². The standard InChI is InChI=1S/C11H15FN2O/c1-3-7-14(2)11(15)8-5-4-6-9(12)10(8)13/h4-6H,3,7,13H2,1-2H3. The van der Waals surface area contributed by atoms with Crippen LogP contribution in [-0.2, 0) is 0 Å². The smallest absolute Gasteiger partial charge is 0.255 e. The molecule has 0 fully saturated rings. The van der Waals surface area contributed by atoms with Crippen molar-refractivity contribution in [1.82, 2.24) is 4.90 Å². The number of rotatable bonds is 3. The zero-order valence-corrected chi connectivity index (χ0v) is 8.96. The van der Waals surface area contributed by atoms with Gasteiger partial charge in [0.15, 0.2) is 0 Å². The molecule has 0 radical (unpaired) electrons. The largest absolute Gasteiger partial charge is 0.396 e. The highest BCUT2D eigenvalue weighted by Crippen LogP contribution is 2.17. The topological polar surface area (TPSA) is 46.3 Å². The van der Waals surface area contributed by atoms with Crippen LogP contribution in [0.3, 0.4) is 0 Å². The number of anilines is 1. The maximum Gasteiger partial charge on any atom is 0.255 e. The van der Waals surface area contributed by atoms with E-state index in [-0.39, 0.29) is 17.2 Å². The minimum Gasteiger partial charge on any atom is -0.396 e. The SMILES string of the molecule is CCCN(C)C(=O)c1cccc(F)c1N. The molecule has 0 heterocycles. The van der Waals surface area contributed by atoms with Crippen molar-refractivity contribution in [2.24, 2.45) is 0 Å². The average Bonchev–Trinajstić information content (AvgIpc) is 2.21. The fourth-order valence-corrected chi connectivity index (χ4v) is 1.37. The molecule has 0 unspecified atom stereocenters. The van der Waals surface area contributed by atoms with E-state index in [4.69, 9.17) is 5.73 Å². The van der Waals surface area contributed by atoms with Gasteiger partial charge in [-0.15, -0.1) is 0 Å². The Morgan fingerprint density at radius 1 is 1.53 bits per heavy atom. The summed E-state index contributed by atoms with van der Waals surface area (Å²) in [6.45, 7) is 2.60. The van der Waals surface area contributed by atoms with Gasteiger partial charge in [-0.3, -0.25) is 4.79 Å². The lowest BCUT2D eigenvalue weighted by atomic mass is 10.1. The Kier molecular flexibility index (Phi) is 3.66. The number of carbonyl (C=O) groups is 1. The number of hydrogen-bond acceptors (Lipinski definition) is 2. The second kappa shape index (κ2) is 4.77. The lowest BCUT2D eigenvalue weighted by Crippen LogP contribution is -2.28. The normalized spacial score (nSPS) is 10.1. The fourth-order valence-electron chi connectivity index (χ4n) is 1.37. The van der Waals surface area contributed by atoms with Gasteiger partial charge < -0.3 is 10.6 Å². The van der Waals surface area contributed by atoms with Gasteiger partial charge in [-0.2, -0.15) is 0 Å². The van der Waals surface area contributed by atoms with E-state index in [1.165, 1.54) is 23.1 Å². The van der Waals surface area contributed by atoms with Crippen molar-refractivity contribution in [1.29, 1.82) is 0 Å². The predicted octanol–water partition coefficient (Wildman–Crippen LogP) is 1.89. The minimum absolute atomic E-state index is 0.0783. The van der Waals surface area contributed by atoms with Gasteiger partial charge in [0.2, 0.25) is 0 Å². The van der Waals surface area contributed by atoms with Gasteiger partial charge in [0.05, 0.1) is 11.3 Å². The summed E-state index contributed by atoms with van der Waals surface area (Å²) in [4.78, 5) is 13.3. The van der Waals surface area contributed by atoms with E-state index in [0.29, 0.717) is 6.54 Å². The summed E-state index contributed by atoms with van der Waals surface area (Å²) < 4.78 is 13.1. The first-order chi connectivity index (χ1) is 7.07. The molecule has 0 aliphatic heterocycles. The van der Waals surface area contributed by atoms with Crippen molar-refractivity contribution in [3.63, 3.8) is 0 Å². The van der Waals surface area contributed by atoms with E-state index >= 15 is 0 Å². The second-order valence-electron chi connectivity index (χ2n) is 3.43. The summed E-state index contributed by atoms with van der Waals surface area (Å²) >= 11 is 0. The molecule has 82 valence electrons. The zero-order chi connectivity index (χ0) is 11.4. The van der Waals surface area contributed by atoms with Gasteiger partial charge in [0.25, 0.3) is 5.91 Å². The number of nitrogens with zero attached hydrogens (tertiary/aromatic N) is 1. The Morgan fingerprint density at radius 3 is 2.80 bits per heavy atom. The Bertz CT molecular complexity index is 366. The number of carbonyl (C=O) groups excluding carboxylic acids is 1. The van der Waals surface area contributed by atoms with Crippen molar-refractivity contribution < 1.29 is 9.18 Å². The number of halogens is 1. The minimum atomic E-state index is -0.550. The molecule has 1 aromatic carbocycles. The zero-order valence-electron chi connectivity index (χ0n) is 8.96. The Hall–Kier alpha value is -1.58. The molecule has 0 saturated heterocycles. The number of hydrogen-bond donors (Lipinski definition) is 1. The number of amides is 1. The molecule has 0 aromatic heterocycles. The fraction of sp³-hybridized carbons (Fsp3) is 0.364. The third-order valence-electron chi connectivity index (χ3n) is 2.19. The van der Waals surface area contributed by atoms with E-state index < -0.39 is 5.82 Å². The summed E-state index contributed by atoms with van der Waals surface area (Å²) in [6, 6.07) is 4.26.